The molecule has 0 aromatic rings. The first-order valence-electron chi connectivity index (χ1n) is 4.12. The van der Waals surface area contributed by atoms with E-state index in [1.807, 2.05) is 0 Å². The van der Waals surface area contributed by atoms with Crippen molar-refractivity contribution in [2.75, 3.05) is 6.54 Å². The Kier molecular flexibility index (Phi) is 11.8. The number of nitrogens with one attached hydrogen (secondary N) is 1. The normalized spacial score (nSPS) is 11.8. The maximum Gasteiger partial charge on any atom is 1.00 e. The minimum Gasteiger partial charge on any atom is -0.548 e. The Labute approximate surface area is 96.2 Å². The van der Waals surface area contributed by atoms with Gasteiger partial charge in [-0.3, -0.25) is 0 Å². The van der Waals surface area contributed by atoms with E-state index in [0.29, 0.717) is 0 Å². The summed E-state index contributed by atoms with van der Waals surface area (Å²) in [6.45, 7) is 4.48. The quantitative estimate of drug-likeness (QED) is 0.349. The van der Waals surface area contributed by atoms with E-state index in [-0.39, 0.29) is 29.6 Å². The minimum absolute atomic E-state index is 0. The second-order valence-corrected chi connectivity index (χ2v) is 2.70. The fourth-order valence-electron chi connectivity index (χ4n) is 0.777. The molecule has 0 spiro atoms. The first kappa shape index (κ1) is 14.9. The van der Waals surface area contributed by atoms with E-state index in [1.165, 1.54) is 0 Å². The SMILES string of the molecule is CCCCCNC(C)C(=O)[O-].[Na+]. The van der Waals surface area contributed by atoms with Gasteiger partial charge in [0.15, 0.2) is 0 Å². The number of carbonyl (C=O) groups is 1. The molecule has 0 aliphatic rings. The molecule has 12 heavy (non-hydrogen) atoms. The maximum atomic E-state index is 10.2. The van der Waals surface area contributed by atoms with Gasteiger partial charge in [-0.2, -0.15) is 0 Å². The molecule has 0 amide bonds. The maximum absolute atomic E-state index is 10.2. The van der Waals surface area contributed by atoms with Crippen molar-refractivity contribution in [2.24, 2.45) is 0 Å². The topological polar surface area (TPSA) is 52.2 Å². The van der Waals surface area contributed by atoms with Crippen LogP contribution in [0.15, 0.2) is 0 Å². The number of rotatable bonds is 6. The summed E-state index contributed by atoms with van der Waals surface area (Å²) in [5.74, 6) is -1.03. The molecule has 0 saturated carbocycles. The second kappa shape index (κ2) is 9.52. The third-order valence-electron chi connectivity index (χ3n) is 1.58. The van der Waals surface area contributed by atoms with Gasteiger partial charge in [0.2, 0.25) is 0 Å². The molecule has 0 radical (unpaired) electrons. The third-order valence-corrected chi connectivity index (χ3v) is 1.58. The van der Waals surface area contributed by atoms with Gasteiger partial charge in [-0.1, -0.05) is 19.8 Å². The van der Waals surface area contributed by atoms with E-state index in [2.05, 4.69) is 12.2 Å². The van der Waals surface area contributed by atoms with Crippen LogP contribution < -0.4 is 40.0 Å². The average Bonchev–Trinajstić information content (AvgIpc) is 1.97. The van der Waals surface area contributed by atoms with E-state index in [1.54, 1.807) is 6.92 Å². The van der Waals surface area contributed by atoms with Crippen molar-refractivity contribution in [1.82, 2.24) is 5.32 Å². The molecule has 3 nitrogen and oxygen atoms in total. The molecule has 0 aliphatic heterocycles. The largest absolute Gasteiger partial charge is 1.00 e. The van der Waals surface area contributed by atoms with E-state index >= 15 is 0 Å². The number of aliphatic carboxylic acids is 1. The van der Waals surface area contributed by atoms with Crippen LogP contribution in [0.25, 0.3) is 0 Å². The summed E-state index contributed by atoms with van der Waals surface area (Å²) in [5.41, 5.74) is 0. The molecule has 1 atom stereocenters. The number of hydrogen-bond donors (Lipinski definition) is 1. The summed E-state index contributed by atoms with van der Waals surface area (Å²) in [6.07, 6.45) is 3.34. The molecule has 0 heterocycles. The minimum atomic E-state index is -1.03. The van der Waals surface area contributed by atoms with Crippen LogP contribution in [0.3, 0.4) is 0 Å². The third kappa shape index (κ3) is 8.53. The van der Waals surface area contributed by atoms with Crippen LogP contribution >= 0.6 is 0 Å². The number of hydrogen-bond acceptors (Lipinski definition) is 3. The van der Waals surface area contributed by atoms with Crippen molar-refractivity contribution in [1.29, 1.82) is 0 Å². The Morgan fingerprint density at radius 2 is 2.08 bits per heavy atom. The Hall–Kier alpha value is 0.430. The molecule has 0 saturated heterocycles. The van der Waals surface area contributed by atoms with Crippen LogP contribution in [0.5, 0.6) is 0 Å². The number of carboxylic acid groups (broad SMARTS) is 1. The summed E-state index contributed by atoms with van der Waals surface area (Å²) in [4.78, 5) is 10.2. The summed E-state index contributed by atoms with van der Waals surface area (Å²) < 4.78 is 0. The van der Waals surface area contributed by atoms with Crippen LogP contribution in [0.2, 0.25) is 0 Å². The van der Waals surface area contributed by atoms with Gasteiger partial charge in [0, 0.05) is 6.04 Å². The standard InChI is InChI=1S/C8H17NO2.Na/c1-3-4-5-6-9-7(2)8(10)11;/h7,9H,3-6H2,1-2H3,(H,10,11);/q;+1/p-1. The molecule has 1 N–H and O–H groups in total. The van der Waals surface area contributed by atoms with Crippen LogP contribution in [0.1, 0.15) is 33.1 Å². The first-order chi connectivity index (χ1) is 5.18. The zero-order chi connectivity index (χ0) is 8.69. The van der Waals surface area contributed by atoms with Crippen LogP contribution in [-0.4, -0.2) is 18.6 Å². The first-order valence-corrected chi connectivity index (χ1v) is 4.12. The monoisotopic (exact) mass is 181 g/mol. The average molecular weight is 181 g/mol. The van der Waals surface area contributed by atoms with Gasteiger partial charge in [-0.25, -0.2) is 0 Å². The summed E-state index contributed by atoms with van der Waals surface area (Å²) in [6, 6.07) is -0.521. The molecule has 0 fully saturated rings. The predicted molar refractivity (Wildman–Crippen MR) is 42.0 cm³/mol. The van der Waals surface area contributed by atoms with Crippen molar-refractivity contribution in [3.05, 3.63) is 0 Å². The Bertz CT molecular complexity index is 120. The fraction of sp³-hybridized carbons (Fsp3) is 0.875. The van der Waals surface area contributed by atoms with Gasteiger partial charge in [-0.05, 0) is 19.9 Å². The fourth-order valence-corrected chi connectivity index (χ4v) is 0.777. The van der Waals surface area contributed by atoms with Crippen molar-refractivity contribution in [3.8, 4) is 0 Å². The Morgan fingerprint density at radius 3 is 2.50 bits per heavy atom. The zero-order valence-corrected chi connectivity index (χ0v) is 10.2. The van der Waals surface area contributed by atoms with Crippen molar-refractivity contribution >= 4 is 5.97 Å². The number of carbonyl (C=O) groups excluding carboxylic acids is 1. The molecule has 1 unspecified atom stereocenters. The molecule has 0 rings (SSSR count). The second-order valence-electron chi connectivity index (χ2n) is 2.70. The molecule has 0 aromatic carbocycles. The zero-order valence-electron chi connectivity index (χ0n) is 8.22. The van der Waals surface area contributed by atoms with E-state index in [4.69, 9.17) is 0 Å². The van der Waals surface area contributed by atoms with Gasteiger partial charge < -0.3 is 15.2 Å². The van der Waals surface area contributed by atoms with Gasteiger partial charge in [-0.15, -0.1) is 0 Å². The molecule has 0 aromatic heterocycles. The van der Waals surface area contributed by atoms with Gasteiger partial charge in [0.25, 0.3) is 0 Å². The summed E-state index contributed by atoms with van der Waals surface area (Å²) in [5, 5.41) is 13.0. The molecular formula is C8H16NNaO2. The number of carboxylic acids is 1. The van der Waals surface area contributed by atoms with Crippen LogP contribution in [-0.2, 0) is 4.79 Å². The molecule has 66 valence electrons. The van der Waals surface area contributed by atoms with E-state index in [9.17, 15) is 9.90 Å². The van der Waals surface area contributed by atoms with E-state index < -0.39 is 12.0 Å². The van der Waals surface area contributed by atoms with Gasteiger partial charge >= 0.3 is 29.6 Å². The Balaban J connectivity index is 0. The Morgan fingerprint density at radius 1 is 1.50 bits per heavy atom. The summed E-state index contributed by atoms with van der Waals surface area (Å²) in [7, 11) is 0. The molecule has 4 heteroatoms. The van der Waals surface area contributed by atoms with Crippen LogP contribution in [0.4, 0.5) is 0 Å². The molecule has 0 aliphatic carbocycles. The predicted octanol–water partition coefficient (Wildman–Crippen LogP) is -3.09. The van der Waals surface area contributed by atoms with Crippen LogP contribution in [0, 0.1) is 0 Å². The summed E-state index contributed by atoms with van der Waals surface area (Å²) >= 11 is 0. The van der Waals surface area contributed by atoms with Crippen molar-refractivity contribution < 1.29 is 39.5 Å². The van der Waals surface area contributed by atoms with Gasteiger partial charge in [0.05, 0.1) is 5.97 Å². The molecular weight excluding hydrogens is 165 g/mol. The van der Waals surface area contributed by atoms with Crippen molar-refractivity contribution in [3.63, 3.8) is 0 Å². The van der Waals surface area contributed by atoms with E-state index in [0.717, 1.165) is 25.8 Å². The van der Waals surface area contributed by atoms with Crippen molar-refractivity contribution in [2.45, 2.75) is 39.2 Å². The number of unbranched alkanes of at least 4 members (excludes halogenated alkanes) is 2. The smallest absolute Gasteiger partial charge is 0.548 e. The molecule has 0 bridgehead atoms. The van der Waals surface area contributed by atoms with Gasteiger partial charge in [0.1, 0.15) is 0 Å².